The molecule has 7 nitrogen and oxygen atoms in total. The first-order valence-electron chi connectivity index (χ1n) is 6.60. The molecular formula is C13H15Cl2N4O3+. The Hall–Kier alpha value is -1.66. The van der Waals surface area contributed by atoms with Gasteiger partial charge in [0.25, 0.3) is 0 Å². The molecule has 1 aromatic rings. The summed E-state index contributed by atoms with van der Waals surface area (Å²) in [6.07, 6.45) is -1.39. The number of nitrogens with one attached hydrogen (secondary N) is 1. The van der Waals surface area contributed by atoms with Crippen LogP contribution in [0.5, 0.6) is 0 Å². The van der Waals surface area contributed by atoms with Crippen molar-refractivity contribution in [2.75, 3.05) is 26.2 Å². The summed E-state index contributed by atoms with van der Waals surface area (Å²) in [7, 11) is 0. The molecule has 118 valence electrons. The Kier molecular flexibility index (Phi) is 5.74. The molecule has 0 saturated carbocycles. The van der Waals surface area contributed by atoms with E-state index >= 15 is 0 Å². The Morgan fingerprint density at radius 2 is 2.27 bits per heavy atom. The molecule has 0 spiro atoms. The molecule has 1 fully saturated rings. The molecule has 0 aromatic heterocycles. The fraction of sp³-hybridized carbons (Fsp3) is 0.462. The summed E-state index contributed by atoms with van der Waals surface area (Å²) < 4.78 is 5.80. The van der Waals surface area contributed by atoms with E-state index in [-0.39, 0.29) is 38.3 Å². The molecule has 22 heavy (non-hydrogen) atoms. The predicted octanol–water partition coefficient (Wildman–Crippen LogP) is 3.21. The zero-order valence-corrected chi connectivity index (χ0v) is 13.1. The molecule has 0 bridgehead atoms. The summed E-state index contributed by atoms with van der Waals surface area (Å²) in [6.45, 7) is 0.991. The monoisotopic (exact) mass is 345 g/mol. The van der Waals surface area contributed by atoms with E-state index in [1.165, 1.54) is 4.90 Å². The number of hydrogen-bond donors (Lipinski definition) is 2. The van der Waals surface area contributed by atoms with Crippen LogP contribution >= 0.6 is 23.2 Å². The third-order valence-corrected chi connectivity index (χ3v) is 4.21. The molecule has 1 aliphatic rings. The van der Waals surface area contributed by atoms with Crippen LogP contribution in [-0.4, -0.2) is 42.3 Å². The Balaban J connectivity index is 2.30. The second-order valence-corrected chi connectivity index (χ2v) is 5.69. The van der Waals surface area contributed by atoms with Gasteiger partial charge in [-0.15, -0.1) is 0 Å². The Bertz CT molecular complexity index is 607. The number of hydrogen-bond acceptors (Lipinski definition) is 4. The number of carboxylic acid groups (broad SMARTS) is 1. The number of rotatable bonds is 3. The van der Waals surface area contributed by atoms with Crippen LogP contribution < -0.4 is 4.91 Å². The Morgan fingerprint density at radius 3 is 2.91 bits per heavy atom. The standard InChI is InChI=1S/C13H14Cl2N4O3/c14-10-2-1-8(5-11(10)15)12-9(6-17-18-16)7-19(13(20)21)3-4-22-12/h1-2,5,9,12,16H,3-4,6-7H2/p+1/t9-,12+/m1/s1. The average Bonchev–Trinajstić information content (AvgIpc) is 2.70. The maximum absolute atomic E-state index is 11.2. The van der Waals surface area contributed by atoms with E-state index in [0.29, 0.717) is 10.0 Å². The molecular weight excluding hydrogens is 331 g/mol. The normalized spacial score (nSPS) is 21.8. The van der Waals surface area contributed by atoms with Crippen molar-refractivity contribution < 1.29 is 14.6 Å². The first-order valence-corrected chi connectivity index (χ1v) is 7.36. The van der Waals surface area contributed by atoms with Crippen LogP contribution in [0.2, 0.25) is 10.0 Å². The van der Waals surface area contributed by atoms with Crippen molar-refractivity contribution in [2.45, 2.75) is 6.10 Å². The lowest BCUT2D eigenvalue weighted by molar-refractivity contribution is 0.0327. The zero-order valence-electron chi connectivity index (χ0n) is 11.6. The first kappa shape index (κ1) is 16.7. The third-order valence-electron chi connectivity index (χ3n) is 3.47. The summed E-state index contributed by atoms with van der Waals surface area (Å²) in [5, 5.41) is 13.7. The van der Waals surface area contributed by atoms with Crippen LogP contribution in [-0.2, 0) is 4.74 Å². The molecule has 1 amide bonds. The van der Waals surface area contributed by atoms with Crippen molar-refractivity contribution in [1.82, 2.24) is 9.81 Å². The summed E-state index contributed by atoms with van der Waals surface area (Å²) in [4.78, 5) is 15.5. The fourth-order valence-electron chi connectivity index (χ4n) is 2.43. The highest BCUT2D eigenvalue weighted by Crippen LogP contribution is 2.33. The fourth-order valence-corrected chi connectivity index (χ4v) is 2.73. The topological polar surface area (TPSA) is 100 Å². The van der Waals surface area contributed by atoms with Crippen molar-refractivity contribution in [2.24, 2.45) is 11.0 Å². The molecule has 2 atom stereocenters. The number of carbonyl (C=O) groups is 1. The van der Waals surface area contributed by atoms with E-state index in [2.05, 4.69) is 10.0 Å². The number of amides is 1. The molecule has 1 aromatic carbocycles. The van der Waals surface area contributed by atoms with Gasteiger partial charge in [-0.2, -0.15) is 0 Å². The number of ether oxygens (including phenoxy) is 1. The summed E-state index contributed by atoms with van der Waals surface area (Å²) in [5.41, 5.74) is 7.59. The number of benzene rings is 1. The van der Waals surface area contributed by atoms with Crippen molar-refractivity contribution in [3.63, 3.8) is 0 Å². The van der Waals surface area contributed by atoms with Gasteiger partial charge in [0.1, 0.15) is 17.2 Å². The van der Waals surface area contributed by atoms with Crippen LogP contribution in [0, 0.1) is 11.4 Å². The minimum atomic E-state index is -1.01. The highest BCUT2D eigenvalue weighted by atomic mass is 35.5. The predicted molar refractivity (Wildman–Crippen MR) is 80.4 cm³/mol. The molecule has 1 aliphatic heterocycles. The molecule has 0 unspecified atom stereocenters. The molecule has 1 saturated heterocycles. The highest BCUT2D eigenvalue weighted by molar-refractivity contribution is 6.42. The van der Waals surface area contributed by atoms with Crippen LogP contribution in [0.3, 0.4) is 0 Å². The molecule has 2 rings (SSSR count). The van der Waals surface area contributed by atoms with Gasteiger partial charge in [0.15, 0.2) is 0 Å². The van der Waals surface area contributed by atoms with Gasteiger partial charge >= 0.3 is 6.09 Å². The Morgan fingerprint density at radius 1 is 1.50 bits per heavy atom. The van der Waals surface area contributed by atoms with Gasteiger partial charge in [-0.25, -0.2) is 4.79 Å². The second kappa shape index (κ2) is 7.56. The van der Waals surface area contributed by atoms with Crippen molar-refractivity contribution >= 4 is 29.3 Å². The lowest BCUT2D eigenvalue weighted by Crippen LogP contribution is -2.35. The summed E-state index contributed by atoms with van der Waals surface area (Å²) in [5.74, 6) is -0.259. The lowest BCUT2D eigenvalue weighted by Gasteiger charge is -2.24. The van der Waals surface area contributed by atoms with Gasteiger partial charge < -0.3 is 14.7 Å². The summed E-state index contributed by atoms with van der Waals surface area (Å²) in [6, 6.07) is 5.17. The SMILES string of the molecule is N=[N+]=NC[C@@H]1CN(C(=O)O)CCO[C@H]1c1ccc(Cl)c(Cl)c1. The van der Waals surface area contributed by atoms with Gasteiger partial charge in [0.05, 0.1) is 22.8 Å². The van der Waals surface area contributed by atoms with Crippen molar-refractivity contribution in [3.05, 3.63) is 33.8 Å². The van der Waals surface area contributed by atoms with Crippen molar-refractivity contribution in [1.29, 1.82) is 5.53 Å². The maximum Gasteiger partial charge on any atom is 0.407 e. The smallest absolute Gasteiger partial charge is 0.407 e. The van der Waals surface area contributed by atoms with Gasteiger partial charge in [-0.05, 0) is 17.7 Å². The average molecular weight is 346 g/mol. The van der Waals surface area contributed by atoms with E-state index < -0.39 is 6.09 Å². The molecule has 0 aliphatic carbocycles. The van der Waals surface area contributed by atoms with Gasteiger partial charge in [-0.3, -0.25) is 0 Å². The lowest BCUT2D eigenvalue weighted by atomic mass is 9.95. The van der Waals surface area contributed by atoms with E-state index in [1.54, 1.807) is 18.2 Å². The van der Waals surface area contributed by atoms with E-state index in [9.17, 15) is 9.90 Å². The van der Waals surface area contributed by atoms with Gasteiger partial charge in [0, 0.05) is 19.0 Å². The Labute approximate surface area is 137 Å². The van der Waals surface area contributed by atoms with E-state index in [0.717, 1.165) is 5.56 Å². The quantitative estimate of drug-likeness (QED) is 0.649. The van der Waals surface area contributed by atoms with E-state index in [1.807, 2.05) is 0 Å². The highest BCUT2D eigenvalue weighted by Gasteiger charge is 2.32. The second-order valence-electron chi connectivity index (χ2n) is 4.88. The van der Waals surface area contributed by atoms with Gasteiger partial charge in [0.2, 0.25) is 4.91 Å². The largest absolute Gasteiger partial charge is 0.465 e. The molecule has 9 heteroatoms. The van der Waals surface area contributed by atoms with Crippen LogP contribution in [0.4, 0.5) is 4.79 Å². The van der Waals surface area contributed by atoms with Crippen molar-refractivity contribution in [3.8, 4) is 0 Å². The van der Waals surface area contributed by atoms with Crippen LogP contribution in [0.15, 0.2) is 23.3 Å². The molecule has 2 N–H and O–H groups in total. The zero-order chi connectivity index (χ0) is 16.1. The first-order chi connectivity index (χ1) is 10.5. The molecule has 1 heterocycles. The summed E-state index contributed by atoms with van der Waals surface area (Å²) >= 11 is 12.0. The van der Waals surface area contributed by atoms with E-state index in [4.69, 9.17) is 33.5 Å². The number of halogens is 2. The minimum Gasteiger partial charge on any atom is -0.465 e. The van der Waals surface area contributed by atoms with Crippen LogP contribution in [0.25, 0.3) is 0 Å². The van der Waals surface area contributed by atoms with Crippen LogP contribution in [0.1, 0.15) is 11.7 Å². The van der Waals surface area contributed by atoms with Gasteiger partial charge in [-0.1, -0.05) is 29.3 Å². The maximum atomic E-state index is 11.2. The number of nitrogens with zero attached hydrogens (tertiary/aromatic N) is 3. The molecule has 0 radical (unpaired) electrons. The third kappa shape index (κ3) is 3.96. The minimum absolute atomic E-state index is 0.193.